The van der Waals surface area contributed by atoms with E-state index < -0.39 is 0 Å². The van der Waals surface area contributed by atoms with E-state index >= 15 is 0 Å². The van der Waals surface area contributed by atoms with Crippen molar-refractivity contribution < 1.29 is 4.39 Å². The van der Waals surface area contributed by atoms with Gasteiger partial charge >= 0.3 is 0 Å². The second kappa shape index (κ2) is 6.40. The first-order chi connectivity index (χ1) is 8.11. The van der Waals surface area contributed by atoms with Crippen LogP contribution in [0.15, 0.2) is 30.9 Å². The molecule has 17 heavy (non-hydrogen) atoms. The minimum absolute atomic E-state index is 0.234. The summed E-state index contributed by atoms with van der Waals surface area (Å²) in [6.45, 7) is 9.22. The normalized spacial score (nSPS) is 12.2. The molecule has 0 bridgehead atoms. The Bertz CT molecular complexity index is 374. The minimum Gasteiger partial charge on any atom is -0.367 e. The molecule has 0 fully saturated rings. The van der Waals surface area contributed by atoms with E-state index in [4.69, 9.17) is 5.73 Å². The lowest BCUT2D eigenvalue weighted by Crippen LogP contribution is -2.26. The van der Waals surface area contributed by atoms with Gasteiger partial charge in [0.2, 0.25) is 0 Å². The van der Waals surface area contributed by atoms with Crippen molar-refractivity contribution in [3.63, 3.8) is 0 Å². The molecule has 2 N–H and O–H groups in total. The van der Waals surface area contributed by atoms with Gasteiger partial charge in [-0.1, -0.05) is 19.1 Å². The van der Waals surface area contributed by atoms with E-state index in [0.717, 1.165) is 18.7 Å². The van der Waals surface area contributed by atoms with Crippen LogP contribution in [0.4, 0.5) is 10.1 Å². The number of anilines is 1. The molecule has 0 aliphatic carbocycles. The zero-order chi connectivity index (χ0) is 12.8. The highest BCUT2D eigenvalue weighted by molar-refractivity contribution is 5.55. The standard InChI is InChI=1S/C14H21FN2/c1-4-9-17(10-5-2)13-8-6-7-12(15)14(13)11(3)16/h4,6-8,11H,1,5,9-10,16H2,2-3H3/t11-/m0/s1. The Morgan fingerprint density at radius 1 is 1.53 bits per heavy atom. The number of nitrogens with two attached hydrogens (primary N) is 1. The van der Waals surface area contributed by atoms with Gasteiger partial charge in [0.15, 0.2) is 0 Å². The van der Waals surface area contributed by atoms with E-state index in [1.54, 1.807) is 13.0 Å². The van der Waals surface area contributed by atoms with Crippen molar-refractivity contribution >= 4 is 5.69 Å². The molecular weight excluding hydrogens is 215 g/mol. The molecule has 94 valence electrons. The second-order valence-electron chi connectivity index (χ2n) is 4.20. The lowest BCUT2D eigenvalue weighted by molar-refractivity contribution is 0.591. The monoisotopic (exact) mass is 236 g/mol. The predicted octanol–water partition coefficient (Wildman–Crippen LogP) is 3.25. The van der Waals surface area contributed by atoms with Gasteiger partial charge in [0.1, 0.15) is 5.82 Å². The second-order valence-corrected chi connectivity index (χ2v) is 4.20. The molecule has 0 saturated heterocycles. The molecule has 1 aromatic carbocycles. The van der Waals surface area contributed by atoms with Gasteiger partial charge in [0, 0.05) is 30.4 Å². The fraction of sp³-hybridized carbons (Fsp3) is 0.429. The zero-order valence-electron chi connectivity index (χ0n) is 10.6. The topological polar surface area (TPSA) is 29.3 Å². The zero-order valence-corrected chi connectivity index (χ0v) is 10.6. The van der Waals surface area contributed by atoms with Crippen LogP contribution in [0.1, 0.15) is 31.9 Å². The number of benzene rings is 1. The Kier molecular flexibility index (Phi) is 5.16. The first-order valence-electron chi connectivity index (χ1n) is 6.01. The molecule has 1 aromatic rings. The van der Waals surface area contributed by atoms with Crippen molar-refractivity contribution in [1.82, 2.24) is 0 Å². The smallest absolute Gasteiger partial charge is 0.130 e. The van der Waals surface area contributed by atoms with E-state index in [1.165, 1.54) is 6.07 Å². The summed E-state index contributed by atoms with van der Waals surface area (Å²) >= 11 is 0. The molecule has 1 atom stereocenters. The molecule has 0 heterocycles. The molecule has 0 spiro atoms. The minimum atomic E-state index is -0.310. The van der Waals surface area contributed by atoms with Crippen LogP contribution in [0, 0.1) is 5.82 Å². The molecule has 1 rings (SSSR count). The van der Waals surface area contributed by atoms with Crippen LogP contribution in [0.3, 0.4) is 0 Å². The molecule has 0 radical (unpaired) electrons. The molecule has 2 nitrogen and oxygen atoms in total. The Morgan fingerprint density at radius 2 is 2.24 bits per heavy atom. The summed E-state index contributed by atoms with van der Waals surface area (Å²) in [4.78, 5) is 2.11. The van der Waals surface area contributed by atoms with Crippen molar-refractivity contribution in [3.05, 3.63) is 42.2 Å². The van der Waals surface area contributed by atoms with Crippen LogP contribution in [0.5, 0.6) is 0 Å². The van der Waals surface area contributed by atoms with Gasteiger partial charge in [-0.15, -0.1) is 6.58 Å². The fourth-order valence-electron chi connectivity index (χ4n) is 1.99. The maximum atomic E-state index is 13.8. The van der Waals surface area contributed by atoms with E-state index in [9.17, 15) is 4.39 Å². The molecule has 0 aromatic heterocycles. The van der Waals surface area contributed by atoms with E-state index in [0.29, 0.717) is 12.1 Å². The number of rotatable bonds is 6. The van der Waals surface area contributed by atoms with Crippen LogP contribution in [0.2, 0.25) is 0 Å². The summed E-state index contributed by atoms with van der Waals surface area (Å²) in [6.07, 6.45) is 2.83. The summed E-state index contributed by atoms with van der Waals surface area (Å²) in [7, 11) is 0. The fourth-order valence-corrected chi connectivity index (χ4v) is 1.99. The number of hydrogen-bond donors (Lipinski definition) is 1. The van der Waals surface area contributed by atoms with E-state index in [-0.39, 0.29) is 11.9 Å². The van der Waals surface area contributed by atoms with Crippen molar-refractivity contribution in [2.24, 2.45) is 5.73 Å². The first-order valence-corrected chi connectivity index (χ1v) is 6.01. The summed E-state index contributed by atoms with van der Waals surface area (Å²) in [6, 6.07) is 4.79. The quantitative estimate of drug-likeness (QED) is 0.768. The van der Waals surface area contributed by atoms with Crippen molar-refractivity contribution in [3.8, 4) is 0 Å². The summed E-state index contributed by atoms with van der Waals surface area (Å²) in [5, 5.41) is 0. The van der Waals surface area contributed by atoms with Gasteiger partial charge < -0.3 is 10.6 Å². The Morgan fingerprint density at radius 3 is 2.76 bits per heavy atom. The predicted molar refractivity (Wildman–Crippen MR) is 71.7 cm³/mol. The third-order valence-electron chi connectivity index (χ3n) is 2.67. The number of hydrogen-bond acceptors (Lipinski definition) is 2. The lowest BCUT2D eigenvalue weighted by atomic mass is 10.0. The highest BCUT2D eigenvalue weighted by atomic mass is 19.1. The van der Waals surface area contributed by atoms with Crippen molar-refractivity contribution in [2.45, 2.75) is 26.3 Å². The maximum Gasteiger partial charge on any atom is 0.130 e. The Hall–Kier alpha value is -1.35. The molecular formula is C14H21FN2. The number of nitrogens with zero attached hydrogens (tertiary/aromatic N) is 1. The van der Waals surface area contributed by atoms with Gasteiger partial charge in [-0.25, -0.2) is 4.39 Å². The van der Waals surface area contributed by atoms with Crippen LogP contribution in [0.25, 0.3) is 0 Å². The third kappa shape index (κ3) is 3.30. The average Bonchev–Trinajstić information content (AvgIpc) is 2.28. The van der Waals surface area contributed by atoms with Gasteiger partial charge in [0.25, 0.3) is 0 Å². The van der Waals surface area contributed by atoms with Crippen molar-refractivity contribution in [1.29, 1.82) is 0 Å². The Balaban J connectivity index is 3.16. The summed E-state index contributed by atoms with van der Waals surface area (Å²) in [5.41, 5.74) is 7.32. The molecule has 0 saturated carbocycles. The van der Waals surface area contributed by atoms with Gasteiger partial charge in [-0.2, -0.15) is 0 Å². The average molecular weight is 236 g/mol. The van der Waals surface area contributed by atoms with Gasteiger partial charge in [-0.05, 0) is 25.5 Å². The molecule has 0 amide bonds. The third-order valence-corrected chi connectivity index (χ3v) is 2.67. The van der Waals surface area contributed by atoms with Crippen LogP contribution >= 0.6 is 0 Å². The molecule has 0 unspecified atom stereocenters. The Labute approximate surface area is 103 Å². The number of halogens is 1. The largest absolute Gasteiger partial charge is 0.367 e. The molecule has 0 aliphatic rings. The summed E-state index contributed by atoms with van der Waals surface area (Å²) in [5.74, 6) is -0.234. The highest BCUT2D eigenvalue weighted by Crippen LogP contribution is 2.28. The van der Waals surface area contributed by atoms with Gasteiger partial charge in [0.05, 0.1) is 0 Å². The van der Waals surface area contributed by atoms with E-state index in [1.807, 2.05) is 12.1 Å². The molecule has 3 heteroatoms. The van der Waals surface area contributed by atoms with E-state index in [2.05, 4.69) is 18.4 Å². The summed E-state index contributed by atoms with van der Waals surface area (Å²) < 4.78 is 13.8. The lowest BCUT2D eigenvalue weighted by Gasteiger charge is -2.27. The van der Waals surface area contributed by atoms with Gasteiger partial charge in [-0.3, -0.25) is 0 Å². The highest BCUT2D eigenvalue weighted by Gasteiger charge is 2.16. The maximum absolute atomic E-state index is 13.8. The van der Waals surface area contributed by atoms with Crippen molar-refractivity contribution in [2.75, 3.05) is 18.0 Å². The van der Waals surface area contributed by atoms with Crippen LogP contribution in [-0.2, 0) is 0 Å². The SMILES string of the molecule is C=CCN(CCC)c1cccc(F)c1[C@H](C)N. The van der Waals surface area contributed by atoms with Crippen LogP contribution < -0.4 is 10.6 Å². The van der Waals surface area contributed by atoms with Crippen LogP contribution in [-0.4, -0.2) is 13.1 Å². The first kappa shape index (κ1) is 13.7. The molecule has 0 aliphatic heterocycles.